The summed E-state index contributed by atoms with van der Waals surface area (Å²) in [6.07, 6.45) is 0. The van der Waals surface area contributed by atoms with Crippen LogP contribution in [0.5, 0.6) is 5.75 Å². The normalized spacial score (nSPS) is 16.4. The van der Waals surface area contributed by atoms with Crippen LogP contribution in [-0.4, -0.2) is 26.7 Å². The van der Waals surface area contributed by atoms with E-state index in [1.54, 1.807) is 54.6 Å². The Hall–Kier alpha value is -2.12. The zero-order valence-electron chi connectivity index (χ0n) is 12.4. The molecule has 24 heavy (non-hydrogen) atoms. The molecule has 5 nitrogen and oxygen atoms in total. The Bertz CT molecular complexity index is 904. The van der Waals surface area contributed by atoms with Crippen LogP contribution in [-0.2, 0) is 19.4 Å². The molecule has 0 radical (unpaired) electrons. The molecule has 0 fully saturated rings. The van der Waals surface area contributed by atoms with E-state index in [9.17, 15) is 13.2 Å². The molecule has 0 atom stereocenters. The van der Waals surface area contributed by atoms with E-state index in [2.05, 4.69) is 15.9 Å². The number of hydrogen-bond donors (Lipinski definition) is 0. The van der Waals surface area contributed by atoms with Crippen molar-refractivity contribution in [2.24, 2.45) is 0 Å². The smallest absolute Gasteiger partial charge is 0.380 e. The van der Waals surface area contributed by atoms with E-state index in [4.69, 9.17) is 9.47 Å². The van der Waals surface area contributed by atoms with Gasteiger partial charge in [-0.1, -0.05) is 42.5 Å². The van der Waals surface area contributed by atoms with Crippen molar-refractivity contribution in [3.63, 3.8) is 0 Å². The second-order valence-electron chi connectivity index (χ2n) is 5.01. The molecule has 2 aromatic carbocycles. The summed E-state index contributed by atoms with van der Waals surface area (Å²) in [6, 6.07) is 15.2. The highest BCUT2D eigenvalue weighted by atomic mass is 79.9. The number of carbonyl (C=O) groups excluding carboxylic acids is 1. The minimum absolute atomic E-state index is 0.0843. The lowest BCUT2D eigenvalue weighted by molar-refractivity contribution is -0.133. The molecule has 0 bridgehead atoms. The Morgan fingerprint density at radius 2 is 1.71 bits per heavy atom. The maximum absolute atomic E-state index is 12.5. The van der Waals surface area contributed by atoms with Gasteiger partial charge in [-0.15, -0.1) is 0 Å². The van der Waals surface area contributed by atoms with Gasteiger partial charge in [0.05, 0.1) is 10.2 Å². The number of hydrogen-bond acceptors (Lipinski definition) is 5. The lowest BCUT2D eigenvalue weighted by Crippen LogP contribution is -2.27. The molecular weight excluding hydrogens is 396 g/mol. The van der Waals surface area contributed by atoms with Crippen LogP contribution in [0.2, 0.25) is 0 Å². The van der Waals surface area contributed by atoms with Crippen LogP contribution in [0.25, 0.3) is 4.91 Å². The van der Waals surface area contributed by atoms with E-state index in [-0.39, 0.29) is 28.8 Å². The highest BCUT2D eigenvalue weighted by Gasteiger charge is 2.34. The van der Waals surface area contributed by atoms with E-state index in [1.807, 2.05) is 0 Å². The van der Waals surface area contributed by atoms with Crippen LogP contribution in [0.4, 0.5) is 0 Å². The van der Waals surface area contributed by atoms with E-state index < -0.39 is 15.8 Å². The standard InChI is InChI=1S/C17H13BrO5S/c18-13-8-4-5-9-14(13)23-17(19)15-16(12-6-2-1-3-7-12)24(20,21)11-10-22-15/h1-9H,10-11H2. The maximum atomic E-state index is 12.5. The first-order valence-electron chi connectivity index (χ1n) is 7.11. The van der Waals surface area contributed by atoms with Crippen molar-refractivity contribution in [1.29, 1.82) is 0 Å². The molecule has 124 valence electrons. The Morgan fingerprint density at radius 1 is 1.04 bits per heavy atom. The third kappa shape index (κ3) is 3.37. The highest BCUT2D eigenvalue weighted by Crippen LogP contribution is 2.32. The zero-order chi connectivity index (χ0) is 17.2. The van der Waals surface area contributed by atoms with Gasteiger partial charge in [-0.2, -0.15) is 0 Å². The summed E-state index contributed by atoms with van der Waals surface area (Å²) in [5.41, 5.74) is 0.399. The Kier molecular flexibility index (Phi) is 4.73. The Labute approximate surface area is 147 Å². The molecule has 0 N–H and O–H groups in total. The van der Waals surface area contributed by atoms with Crippen molar-refractivity contribution >= 4 is 36.6 Å². The molecule has 0 unspecified atom stereocenters. The molecule has 3 rings (SSSR count). The van der Waals surface area contributed by atoms with E-state index >= 15 is 0 Å². The van der Waals surface area contributed by atoms with Crippen molar-refractivity contribution in [3.8, 4) is 5.75 Å². The fourth-order valence-corrected chi connectivity index (χ4v) is 4.08. The molecule has 0 saturated heterocycles. The van der Waals surface area contributed by atoms with Crippen LogP contribution in [0.15, 0.2) is 64.8 Å². The lowest BCUT2D eigenvalue weighted by Gasteiger charge is -2.20. The van der Waals surface area contributed by atoms with Crippen molar-refractivity contribution in [3.05, 3.63) is 70.4 Å². The molecule has 0 aliphatic carbocycles. The Morgan fingerprint density at radius 3 is 2.42 bits per heavy atom. The summed E-state index contributed by atoms with van der Waals surface area (Å²) in [6.45, 7) is -0.0843. The largest absolute Gasteiger partial charge is 0.485 e. The highest BCUT2D eigenvalue weighted by molar-refractivity contribution is 9.10. The molecule has 0 aromatic heterocycles. The first-order valence-corrected chi connectivity index (χ1v) is 9.55. The van der Waals surface area contributed by atoms with Gasteiger partial charge in [0.15, 0.2) is 9.84 Å². The molecule has 0 amide bonds. The quantitative estimate of drug-likeness (QED) is 0.576. The minimum Gasteiger partial charge on any atom is -0.485 e. The van der Waals surface area contributed by atoms with E-state index in [0.717, 1.165) is 0 Å². The van der Waals surface area contributed by atoms with E-state index in [0.29, 0.717) is 10.0 Å². The van der Waals surface area contributed by atoms with Gasteiger partial charge in [0.1, 0.15) is 17.3 Å². The second-order valence-corrected chi connectivity index (χ2v) is 7.91. The summed E-state index contributed by atoms with van der Waals surface area (Å²) in [7, 11) is -3.63. The minimum atomic E-state index is -3.63. The first kappa shape index (κ1) is 16.7. The molecule has 1 aliphatic rings. The number of carbonyl (C=O) groups is 1. The average Bonchev–Trinajstić information content (AvgIpc) is 2.56. The number of rotatable bonds is 3. The molecule has 1 heterocycles. The van der Waals surface area contributed by atoms with Gasteiger partial charge in [0.25, 0.3) is 0 Å². The SMILES string of the molecule is O=C(Oc1ccccc1Br)C1=C(c2ccccc2)S(=O)(=O)CCO1. The van der Waals surface area contributed by atoms with Crippen molar-refractivity contribution in [2.75, 3.05) is 12.4 Å². The number of sulfone groups is 1. The predicted molar refractivity (Wildman–Crippen MR) is 92.9 cm³/mol. The molecule has 0 saturated carbocycles. The third-order valence-corrected chi connectivity index (χ3v) is 5.78. The van der Waals surface area contributed by atoms with Crippen molar-refractivity contribution in [1.82, 2.24) is 0 Å². The maximum Gasteiger partial charge on any atom is 0.380 e. The lowest BCUT2D eigenvalue weighted by atomic mass is 10.2. The molecule has 2 aromatic rings. The zero-order valence-corrected chi connectivity index (χ0v) is 14.8. The number of esters is 1. The third-order valence-electron chi connectivity index (χ3n) is 3.38. The fraction of sp³-hybridized carbons (Fsp3) is 0.118. The number of halogens is 1. The second kappa shape index (κ2) is 6.78. The topological polar surface area (TPSA) is 69.7 Å². The van der Waals surface area contributed by atoms with Gasteiger partial charge in [-0.3, -0.25) is 0 Å². The molecule has 7 heteroatoms. The summed E-state index contributed by atoms with van der Waals surface area (Å²) < 4.78 is 36.2. The number of ether oxygens (including phenoxy) is 2. The van der Waals surface area contributed by atoms with Crippen LogP contribution < -0.4 is 4.74 Å². The fourth-order valence-electron chi connectivity index (χ4n) is 2.29. The summed E-state index contributed by atoms with van der Waals surface area (Å²) in [4.78, 5) is 12.4. The molecule has 1 aliphatic heterocycles. The predicted octanol–water partition coefficient (Wildman–Crippen LogP) is 3.17. The summed E-state index contributed by atoms with van der Waals surface area (Å²) >= 11 is 3.28. The molecular formula is C17H13BrO5S. The van der Waals surface area contributed by atoms with Crippen LogP contribution in [0, 0.1) is 0 Å². The Balaban J connectivity index is 2.06. The van der Waals surface area contributed by atoms with Gasteiger partial charge >= 0.3 is 5.97 Å². The van der Waals surface area contributed by atoms with Crippen LogP contribution in [0.1, 0.15) is 5.56 Å². The van der Waals surface area contributed by atoms with Gasteiger partial charge in [0, 0.05) is 0 Å². The number of para-hydroxylation sites is 1. The number of benzene rings is 2. The van der Waals surface area contributed by atoms with Crippen LogP contribution in [0.3, 0.4) is 0 Å². The summed E-state index contributed by atoms with van der Waals surface area (Å²) in [5, 5.41) is 0. The van der Waals surface area contributed by atoms with Gasteiger partial charge in [-0.25, -0.2) is 13.2 Å². The first-order chi connectivity index (χ1) is 11.5. The van der Waals surface area contributed by atoms with E-state index in [1.165, 1.54) is 0 Å². The van der Waals surface area contributed by atoms with Crippen molar-refractivity contribution in [2.45, 2.75) is 0 Å². The van der Waals surface area contributed by atoms with Crippen LogP contribution >= 0.6 is 15.9 Å². The summed E-state index contributed by atoms with van der Waals surface area (Å²) in [5.74, 6) is -1.02. The van der Waals surface area contributed by atoms with Gasteiger partial charge < -0.3 is 9.47 Å². The van der Waals surface area contributed by atoms with Crippen molar-refractivity contribution < 1.29 is 22.7 Å². The molecule has 0 spiro atoms. The average molecular weight is 409 g/mol. The van der Waals surface area contributed by atoms with Gasteiger partial charge in [-0.05, 0) is 33.6 Å². The van der Waals surface area contributed by atoms with Gasteiger partial charge in [0.2, 0.25) is 5.76 Å². The monoisotopic (exact) mass is 408 g/mol.